The van der Waals surface area contributed by atoms with E-state index in [2.05, 4.69) is 17.6 Å². The molecule has 1 aliphatic carbocycles. The maximum absolute atomic E-state index is 11.3. The number of carbonyl (C=O) groups excluding carboxylic acids is 2. The zero-order valence-electron chi connectivity index (χ0n) is 9.79. The van der Waals surface area contributed by atoms with Crippen LogP contribution in [0.25, 0.3) is 0 Å². The molecule has 2 unspecified atom stereocenters. The van der Waals surface area contributed by atoms with Crippen molar-refractivity contribution in [3.8, 4) is 0 Å². The quantitative estimate of drug-likeness (QED) is 0.572. The number of amides is 2. The zero-order valence-corrected chi connectivity index (χ0v) is 9.79. The third-order valence-corrected chi connectivity index (χ3v) is 2.99. The summed E-state index contributed by atoms with van der Waals surface area (Å²) in [5, 5.41) is 5.10. The fourth-order valence-corrected chi connectivity index (χ4v) is 2.09. The number of hydrogen-bond acceptors (Lipinski definition) is 3. The molecule has 2 atom stereocenters. The van der Waals surface area contributed by atoms with Crippen LogP contribution in [0.3, 0.4) is 0 Å². The van der Waals surface area contributed by atoms with Gasteiger partial charge in [-0.3, -0.25) is 9.59 Å². The van der Waals surface area contributed by atoms with Crippen molar-refractivity contribution in [1.82, 2.24) is 10.6 Å². The second-order valence-corrected chi connectivity index (χ2v) is 4.54. The van der Waals surface area contributed by atoms with Crippen molar-refractivity contribution in [2.24, 2.45) is 17.6 Å². The molecule has 0 aromatic carbocycles. The van der Waals surface area contributed by atoms with Gasteiger partial charge in [-0.15, -0.1) is 0 Å². The fourth-order valence-electron chi connectivity index (χ4n) is 2.09. The van der Waals surface area contributed by atoms with E-state index in [4.69, 9.17) is 5.73 Å². The molecule has 1 rings (SSSR count). The molecule has 1 fully saturated rings. The Kier molecular flexibility index (Phi) is 5.25. The molecule has 0 bridgehead atoms. The van der Waals surface area contributed by atoms with Crippen molar-refractivity contribution in [1.29, 1.82) is 0 Å². The normalized spacial score (nSPS) is 24.1. The fraction of sp³-hybridized carbons (Fsp3) is 0.818. The number of hydrogen-bond donors (Lipinski definition) is 3. The van der Waals surface area contributed by atoms with E-state index in [9.17, 15) is 9.59 Å². The lowest BCUT2D eigenvalue weighted by Crippen LogP contribution is -2.42. The summed E-state index contributed by atoms with van der Waals surface area (Å²) in [6.45, 7) is 3.51. The molecular weight excluding hydrogens is 206 g/mol. The molecule has 1 aliphatic rings. The van der Waals surface area contributed by atoms with Crippen LogP contribution in [0, 0.1) is 11.8 Å². The Bertz CT molecular complexity index is 256. The van der Waals surface area contributed by atoms with Gasteiger partial charge in [0.1, 0.15) is 0 Å². The van der Waals surface area contributed by atoms with E-state index < -0.39 is 11.8 Å². The minimum absolute atomic E-state index is 0.340. The van der Waals surface area contributed by atoms with Crippen molar-refractivity contribution >= 4 is 11.8 Å². The van der Waals surface area contributed by atoms with E-state index in [0.29, 0.717) is 25.6 Å². The highest BCUT2D eigenvalue weighted by Gasteiger charge is 2.22. The minimum atomic E-state index is -0.587. The smallest absolute Gasteiger partial charge is 0.309 e. The van der Waals surface area contributed by atoms with Crippen LogP contribution in [0.4, 0.5) is 0 Å². The SMILES string of the molecule is CC1CCC(CNC(=O)C(=O)NCCN)C1. The summed E-state index contributed by atoms with van der Waals surface area (Å²) < 4.78 is 0. The molecule has 0 saturated heterocycles. The number of nitrogens with two attached hydrogens (primary N) is 1. The summed E-state index contributed by atoms with van der Waals surface area (Å²) in [5.41, 5.74) is 5.22. The van der Waals surface area contributed by atoms with Crippen LogP contribution >= 0.6 is 0 Å². The monoisotopic (exact) mass is 227 g/mol. The highest BCUT2D eigenvalue weighted by Crippen LogP contribution is 2.29. The van der Waals surface area contributed by atoms with Crippen LogP contribution in [0.5, 0.6) is 0 Å². The number of carbonyl (C=O) groups is 2. The molecule has 0 radical (unpaired) electrons. The maximum atomic E-state index is 11.3. The molecule has 4 N–H and O–H groups in total. The van der Waals surface area contributed by atoms with Crippen LogP contribution in [0.15, 0.2) is 0 Å². The van der Waals surface area contributed by atoms with E-state index in [1.165, 1.54) is 6.42 Å². The molecule has 5 heteroatoms. The number of rotatable bonds is 4. The van der Waals surface area contributed by atoms with Crippen LogP contribution < -0.4 is 16.4 Å². The van der Waals surface area contributed by atoms with E-state index in [1.807, 2.05) is 0 Å². The standard InChI is InChI=1S/C11H21N3O2/c1-8-2-3-9(6-8)7-14-11(16)10(15)13-5-4-12/h8-9H,2-7,12H2,1H3,(H,13,15)(H,14,16). The van der Waals surface area contributed by atoms with Gasteiger partial charge in [0.15, 0.2) is 0 Å². The van der Waals surface area contributed by atoms with Gasteiger partial charge in [0.25, 0.3) is 0 Å². The lowest BCUT2D eigenvalue weighted by atomic mass is 10.1. The van der Waals surface area contributed by atoms with Gasteiger partial charge in [-0.25, -0.2) is 0 Å². The van der Waals surface area contributed by atoms with E-state index in [-0.39, 0.29) is 0 Å². The highest BCUT2D eigenvalue weighted by atomic mass is 16.2. The molecular formula is C11H21N3O2. The average molecular weight is 227 g/mol. The summed E-state index contributed by atoms with van der Waals surface area (Å²) in [6, 6.07) is 0. The molecule has 2 amide bonds. The first-order valence-corrected chi connectivity index (χ1v) is 5.89. The third kappa shape index (κ3) is 4.18. The summed E-state index contributed by atoms with van der Waals surface area (Å²) in [5.74, 6) is 0.138. The van der Waals surface area contributed by atoms with Gasteiger partial charge < -0.3 is 16.4 Å². The largest absolute Gasteiger partial charge is 0.348 e. The Morgan fingerprint density at radius 1 is 1.25 bits per heavy atom. The van der Waals surface area contributed by atoms with Crippen LogP contribution in [0.1, 0.15) is 26.2 Å². The molecule has 0 aromatic rings. The lowest BCUT2D eigenvalue weighted by molar-refractivity contribution is -0.139. The maximum Gasteiger partial charge on any atom is 0.309 e. The van der Waals surface area contributed by atoms with E-state index in [1.54, 1.807) is 0 Å². The Morgan fingerprint density at radius 3 is 2.50 bits per heavy atom. The Labute approximate surface area is 96.1 Å². The summed E-state index contributed by atoms with van der Waals surface area (Å²) in [6.07, 6.45) is 3.51. The molecule has 0 heterocycles. The Morgan fingerprint density at radius 2 is 1.94 bits per heavy atom. The Balaban J connectivity index is 2.16. The minimum Gasteiger partial charge on any atom is -0.348 e. The van der Waals surface area contributed by atoms with Gasteiger partial charge >= 0.3 is 11.8 Å². The molecule has 0 aliphatic heterocycles. The zero-order chi connectivity index (χ0) is 12.0. The average Bonchev–Trinajstić information content (AvgIpc) is 2.68. The molecule has 5 nitrogen and oxygen atoms in total. The predicted molar refractivity (Wildman–Crippen MR) is 61.6 cm³/mol. The highest BCUT2D eigenvalue weighted by molar-refractivity contribution is 6.35. The van der Waals surface area contributed by atoms with Gasteiger partial charge in [-0.2, -0.15) is 0 Å². The second kappa shape index (κ2) is 6.48. The molecule has 92 valence electrons. The van der Waals surface area contributed by atoms with Crippen LogP contribution in [0.2, 0.25) is 0 Å². The molecule has 0 spiro atoms. The van der Waals surface area contributed by atoms with Crippen molar-refractivity contribution < 1.29 is 9.59 Å². The van der Waals surface area contributed by atoms with Crippen molar-refractivity contribution in [3.05, 3.63) is 0 Å². The van der Waals surface area contributed by atoms with E-state index >= 15 is 0 Å². The first-order chi connectivity index (χ1) is 7.63. The third-order valence-electron chi connectivity index (χ3n) is 2.99. The van der Waals surface area contributed by atoms with Crippen molar-refractivity contribution in [2.45, 2.75) is 26.2 Å². The number of nitrogens with one attached hydrogen (secondary N) is 2. The van der Waals surface area contributed by atoms with Gasteiger partial charge in [0.2, 0.25) is 0 Å². The van der Waals surface area contributed by atoms with Crippen molar-refractivity contribution in [3.63, 3.8) is 0 Å². The van der Waals surface area contributed by atoms with Crippen molar-refractivity contribution in [2.75, 3.05) is 19.6 Å². The van der Waals surface area contributed by atoms with Gasteiger partial charge in [-0.1, -0.05) is 13.3 Å². The van der Waals surface area contributed by atoms with Crippen LogP contribution in [-0.4, -0.2) is 31.4 Å². The molecule has 16 heavy (non-hydrogen) atoms. The van der Waals surface area contributed by atoms with Gasteiger partial charge in [0, 0.05) is 19.6 Å². The predicted octanol–water partition coefficient (Wildman–Crippen LogP) is -0.386. The molecule has 1 saturated carbocycles. The topological polar surface area (TPSA) is 84.2 Å². The summed E-state index contributed by atoms with van der Waals surface area (Å²) >= 11 is 0. The van der Waals surface area contributed by atoms with E-state index in [0.717, 1.165) is 18.8 Å². The van der Waals surface area contributed by atoms with Gasteiger partial charge in [-0.05, 0) is 24.7 Å². The van der Waals surface area contributed by atoms with Crippen LogP contribution in [-0.2, 0) is 9.59 Å². The van der Waals surface area contributed by atoms with Gasteiger partial charge in [0.05, 0.1) is 0 Å². The summed E-state index contributed by atoms with van der Waals surface area (Å²) in [4.78, 5) is 22.5. The molecule has 0 aromatic heterocycles. The Hall–Kier alpha value is -1.10. The second-order valence-electron chi connectivity index (χ2n) is 4.54. The summed E-state index contributed by atoms with van der Waals surface area (Å²) in [7, 11) is 0. The lowest BCUT2D eigenvalue weighted by Gasteiger charge is -2.10. The first-order valence-electron chi connectivity index (χ1n) is 5.89. The first kappa shape index (κ1) is 13.0.